The highest BCUT2D eigenvalue weighted by molar-refractivity contribution is 5.82. The van der Waals surface area contributed by atoms with Crippen molar-refractivity contribution in [3.63, 3.8) is 0 Å². The van der Waals surface area contributed by atoms with Crippen LogP contribution in [0.5, 0.6) is 0 Å². The number of hydrogen-bond donors (Lipinski definition) is 1. The van der Waals surface area contributed by atoms with Gasteiger partial charge in [-0.1, -0.05) is 18.2 Å². The molecule has 2 atom stereocenters. The lowest BCUT2D eigenvalue weighted by atomic mass is 10.1. The molecule has 3 nitrogen and oxygen atoms in total. The second kappa shape index (κ2) is 5.41. The van der Waals surface area contributed by atoms with Crippen molar-refractivity contribution in [2.45, 2.75) is 18.9 Å². The standard InChI is InChI=1S/C16H15FN2O/c17-15-4-2-1-3-12(15)13-9-14(13)16(20)19-10-11-5-7-18-8-6-11/h1-8,13-14H,9-10H2,(H,19,20)/t13-,14-/m1/s1. The van der Waals surface area contributed by atoms with E-state index in [2.05, 4.69) is 10.3 Å². The molecule has 2 aromatic rings. The molecule has 1 aromatic heterocycles. The van der Waals surface area contributed by atoms with Gasteiger partial charge in [-0.3, -0.25) is 9.78 Å². The zero-order valence-electron chi connectivity index (χ0n) is 10.9. The Morgan fingerprint density at radius 1 is 1.25 bits per heavy atom. The summed E-state index contributed by atoms with van der Waals surface area (Å²) in [6.07, 6.45) is 4.12. The zero-order chi connectivity index (χ0) is 13.9. The van der Waals surface area contributed by atoms with E-state index in [0.717, 1.165) is 12.0 Å². The molecule has 1 amide bonds. The van der Waals surface area contributed by atoms with Crippen LogP contribution in [0.25, 0.3) is 0 Å². The smallest absolute Gasteiger partial charge is 0.224 e. The van der Waals surface area contributed by atoms with E-state index >= 15 is 0 Å². The van der Waals surface area contributed by atoms with Crippen LogP contribution in [-0.4, -0.2) is 10.9 Å². The number of nitrogens with zero attached hydrogens (tertiary/aromatic N) is 1. The number of carbonyl (C=O) groups is 1. The lowest BCUT2D eigenvalue weighted by Crippen LogP contribution is -2.24. The number of benzene rings is 1. The minimum absolute atomic E-state index is 0.00457. The Bertz CT molecular complexity index is 615. The van der Waals surface area contributed by atoms with Gasteiger partial charge in [-0.2, -0.15) is 0 Å². The van der Waals surface area contributed by atoms with Gasteiger partial charge in [0.05, 0.1) is 0 Å². The molecule has 1 fully saturated rings. The summed E-state index contributed by atoms with van der Waals surface area (Å²) in [5.74, 6) is -0.306. The van der Waals surface area contributed by atoms with Gasteiger partial charge in [-0.05, 0) is 41.7 Å². The van der Waals surface area contributed by atoms with Crippen molar-refractivity contribution in [1.29, 1.82) is 0 Å². The predicted octanol–water partition coefficient (Wildman–Crippen LogP) is 2.64. The number of amides is 1. The van der Waals surface area contributed by atoms with Crippen molar-refractivity contribution in [1.82, 2.24) is 10.3 Å². The number of carbonyl (C=O) groups excluding carboxylic acids is 1. The van der Waals surface area contributed by atoms with Crippen molar-refractivity contribution in [2.24, 2.45) is 5.92 Å². The summed E-state index contributed by atoms with van der Waals surface area (Å²) in [6, 6.07) is 10.4. The number of halogens is 1. The quantitative estimate of drug-likeness (QED) is 0.928. The molecule has 1 heterocycles. The molecule has 0 bridgehead atoms. The number of aromatic nitrogens is 1. The van der Waals surface area contributed by atoms with Gasteiger partial charge in [0.15, 0.2) is 0 Å². The SMILES string of the molecule is O=C(NCc1ccncc1)[C@@H]1C[C@@H]1c1ccccc1F. The van der Waals surface area contributed by atoms with E-state index in [9.17, 15) is 9.18 Å². The molecule has 0 saturated heterocycles. The molecule has 0 unspecified atom stereocenters. The molecular formula is C16H15FN2O. The van der Waals surface area contributed by atoms with Crippen LogP contribution < -0.4 is 5.32 Å². The van der Waals surface area contributed by atoms with E-state index in [0.29, 0.717) is 12.1 Å². The van der Waals surface area contributed by atoms with Crippen molar-refractivity contribution >= 4 is 5.91 Å². The Hall–Kier alpha value is -2.23. The summed E-state index contributed by atoms with van der Waals surface area (Å²) in [7, 11) is 0. The lowest BCUT2D eigenvalue weighted by Gasteiger charge is -2.05. The van der Waals surface area contributed by atoms with Gasteiger partial charge in [-0.25, -0.2) is 4.39 Å². The van der Waals surface area contributed by atoms with Gasteiger partial charge in [0.1, 0.15) is 5.82 Å². The molecule has 0 aliphatic heterocycles. The number of hydrogen-bond acceptors (Lipinski definition) is 2. The summed E-state index contributed by atoms with van der Waals surface area (Å²) in [5.41, 5.74) is 1.66. The van der Waals surface area contributed by atoms with E-state index in [1.807, 2.05) is 18.2 Å². The zero-order valence-corrected chi connectivity index (χ0v) is 10.9. The summed E-state index contributed by atoms with van der Waals surface area (Å²) >= 11 is 0. The Labute approximate surface area is 116 Å². The van der Waals surface area contributed by atoms with Gasteiger partial charge in [-0.15, -0.1) is 0 Å². The van der Waals surface area contributed by atoms with Crippen LogP contribution in [0.4, 0.5) is 4.39 Å². The molecule has 3 rings (SSSR count). The summed E-state index contributed by atoms with van der Waals surface area (Å²) in [5, 5.41) is 2.89. The molecule has 1 saturated carbocycles. The van der Waals surface area contributed by atoms with Crippen LogP contribution in [-0.2, 0) is 11.3 Å². The molecule has 0 spiro atoms. The summed E-state index contributed by atoms with van der Waals surface area (Å²) in [6.45, 7) is 0.488. The van der Waals surface area contributed by atoms with E-state index in [1.54, 1.807) is 24.5 Å². The molecular weight excluding hydrogens is 255 g/mol. The summed E-state index contributed by atoms with van der Waals surface area (Å²) in [4.78, 5) is 16.0. The molecule has 0 radical (unpaired) electrons. The first-order valence-electron chi connectivity index (χ1n) is 6.67. The largest absolute Gasteiger partial charge is 0.352 e. The summed E-state index contributed by atoms with van der Waals surface area (Å²) < 4.78 is 13.6. The minimum atomic E-state index is -0.220. The maximum Gasteiger partial charge on any atom is 0.224 e. The Kier molecular flexibility index (Phi) is 3.46. The molecule has 1 aliphatic carbocycles. The maximum absolute atomic E-state index is 13.6. The van der Waals surface area contributed by atoms with Gasteiger partial charge in [0.2, 0.25) is 5.91 Å². The number of rotatable bonds is 4. The highest BCUT2D eigenvalue weighted by Crippen LogP contribution is 2.48. The fourth-order valence-electron chi connectivity index (χ4n) is 2.43. The highest BCUT2D eigenvalue weighted by atomic mass is 19.1. The first-order chi connectivity index (χ1) is 9.75. The predicted molar refractivity (Wildman–Crippen MR) is 73.3 cm³/mol. The molecule has 4 heteroatoms. The van der Waals surface area contributed by atoms with Crippen molar-refractivity contribution in [2.75, 3.05) is 0 Å². The van der Waals surface area contributed by atoms with Crippen molar-refractivity contribution < 1.29 is 9.18 Å². The van der Waals surface area contributed by atoms with Crippen molar-refractivity contribution in [3.8, 4) is 0 Å². The fourth-order valence-corrected chi connectivity index (χ4v) is 2.43. The van der Waals surface area contributed by atoms with E-state index < -0.39 is 0 Å². The molecule has 1 aromatic carbocycles. The van der Waals surface area contributed by atoms with Gasteiger partial charge >= 0.3 is 0 Å². The van der Waals surface area contributed by atoms with E-state index in [4.69, 9.17) is 0 Å². The van der Waals surface area contributed by atoms with Crippen LogP contribution in [0.2, 0.25) is 0 Å². The van der Waals surface area contributed by atoms with Crippen LogP contribution in [0.15, 0.2) is 48.8 Å². The third kappa shape index (κ3) is 2.69. The van der Waals surface area contributed by atoms with E-state index in [1.165, 1.54) is 6.07 Å². The van der Waals surface area contributed by atoms with Gasteiger partial charge < -0.3 is 5.32 Å². The maximum atomic E-state index is 13.6. The van der Waals surface area contributed by atoms with Crippen LogP contribution in [0, 0.1) is 11.7 Å². The normalized spacial score (nSPS) is 20.4. The lowest BCUT2D eigenvalue weighted by molar-refractivity contribution is -0.122. The van der Waals surface area contributed by atoms with Gasteiger partial charge in [0, 0.05) is 24.9 Å². The monoisotopic (exact) mass is 270 g/mol. The second-order valence-corrected chi connectivity index (χ2v) is 5.04. The molecule has 1 N–H and O–H groups in total. The number of nitrogens with one attached hydrogen (secondary N) is 1. The van der Waals surface area contributed by atoms with E-state index in [-0.39, 0.29) is 23.6 Å². The van der Waals surface area contributed by atoms with Crippen LogP contribution in [0.3, 0.4) is 0 Å². The van der Waals surface area contributed by atoms with Crippen LogP contribution >= 0.6 is 0 Å². The minimum Gasteiger partial charge on any atom is -0.352 e. The first kappa shape index (κ1) is 12.8. The first-order valence-corrected chi connectivity index (χ1v) is 6.67. The Balaban J connectivity index is 1.57. The Morgan fingerprint density at radius 2 is 2.00 bits per heavy atom. The fraction of sp³-hybridized carbons (Fsp3) is 0.250. The highest BCUT2D eigenvalue weighted by Gasteiger charge is 2.44. The average Bonchev–Trinajstić information content (AvgIpc) is 3.27. The molecule has 1 aliphatic rings. The van der Waals surface area contributed by atoms with Crippen LogP contribution in [0.1, 0.15) is 23.5 Å². The Morgan fingerprint density at radius 3 is 2.75 bits per heavy atom. The second-order valence-electron chi connectivity index (χ2n) is 5.04. The third-order valence-electron chi connectivity index (χ3n) is 3.65. The topological polar surface area (TPSA) is 42.0 Å². The average molecular weight is 270 g/mol. The molecule has 102 valence electrons. The van der Waals surface area contributed by atoms with Crippen molar-refractivity contribution in [3.05, 3.63) is 65.7 Å². The molecule has 20 heavy (non-hydrogen) atoms. The van der Waals surface area contributed by atoms with Gasteiger partial charge in [0.25, 0.3) is 0 Å². The third-order valence-corrected chi connectivity index (χ3v) is 3.65. The number of pyridine rings is 1.